The highest BCUT2D eigenvalue weighted by molar-refractivity contribution is 7.14. The Morgan fingerprint density at radius 3 is 2.35 bits per heavy atom. The van der Waals surface area contributed by atoms with Crippen LogP contribution < -0.4 is 10.2 Å². The van der Waals surface area contributed by atoms with Gasteiger partial charge in [-0.2, -0.15) is 0 Å². The molecule has 2 heterocycles. The second-order valence-corrected chi connectivity index (χ2v) is 7.76. The first kappa shape index (κ1) is 18.9. The zero-order valence-electron chi connectivity index (χ0n) is 16.1. The number of carbonyl (C=O) groups is 3. The molecule has 0 radical (unpaired) electrons. The van der Waals surface area contributed by atoms with E-state index in [0.29, 0.717) is 16.4 Å². The first-order chi connectivity index (χ1) is 15.1. The molecule has 0 bridgehead atoms. The fourth-order valence-corrected chi connectivity index (χ4v) is 4.17. The van der Waals surface area contributed by atoms with Gasteiger partial charge in [-0.25, -0.2) is 9.88 Å². The van der Waals surface area contributed by atoms with Crippen LogP contribution in [0.25, 0.3) is 11.1 Å². The molecular weight excluding hydrogens is 410 g/mol. The molecule has 0 saturated heterocycles. The number of thiazole rings is 1. The van der Waals surface area contributed by atoms with Gasteiger partial charge in [0.2, 0.25) is 0 Å². The lowest BCUT2D eigenvalue weighted by Gasteiger charge is -2.11. The molecule has 1 aliphatic rings. The Bertz CT molecular complexity index is 1320. The molecule has 4 aromatic rings. The Labute approximate surface area is 181 Å². The van der Waals surface area contributed by atoms with Crippen molar-refractivity contribution in [3.8, 4) is 11.1 Å². The van der Waals surface area contributed by atoms with Crippen molar-refractivity contribution in [2.75, 3.05) is 10.2 Å². The van der Waals surface area contributed by atoms with Crippen LogP contribution in [-0.4, -0.2) is 22.7 Å². The summed E-state index contributed by atoms with van der Waals surface area (Å²) in [4.78, 5) is 43.5. The molecule has 3 aromatic carbocycles. The van der Waals surface area contributed by atoms with Crippen LogP contribution in [0.5, 0.6) is 0 Å². The Hall–Kier alpha value is -4.10. The van der Waals surface area contributed by atoms with Gasteiger partial charge in [0.25, 0.3) is 17.7 Å². The average molecular weight is 425 g/mol. The quantitative estimate of drug-likeness (QED) is 0.474. The molecule has 0 aliphatic carbocycles. The van der Waals surface area contributed by atoms with E-state index in [1.165, 1.54) is 29.7 Å². The van der Waals surface area contributed by atoms with Crippen molar-refractivity contribution >= 4 is 39.9 Å². The number of nitrogens with zero attached hydrogens (tertiary/aromatic N) is 2. The van der Waals surface area contributed by atoms with Crippen LogP contribution in [0.4, 0.5) is 10.8 Å². The van der Waals surface area contributed by atoms with Crippen molar-refractivity contribution in [1.29, 1.82) is 0 Å². The van der Waals surface area contributed by atoms with Gasteiger partial charge < -0.3 is 5.32 Å². The van der Waals surface area contributed by atoms with E-state index in [4.69, 9.17) is 0 Å². The molecule has 0 spiro atoms. The van der Waals surface area contributed by atoms with E-state index in [1.807, 2.05) is 54.6 Å². The molecule has 0 fully saturated rings. The van der Waals surface area contributed by atoms with Crippen LogP contribution >= 0.6 is 11.3 Å². The monoisotopic (exact) mass is 425 g/mol. The molecule has 3 amide bonds. The number of fused-ring (bicyclic) bond motifs is 1. The summed E-state index contributed by atoms with van der Waals surface area (Å²) in [5, 5.41) is 4.93. The van der Waals surface area contributed by atoms with Crippen LogP contribution in [0.3, 0.4) is 0 Å². The van der Waals surface area contributed by atoms with E-state index >= 15 is 0 Å². The van der Waals surface area contributed by atoms with Crippen molar-refractivity contribution in [3.05, 3.63) is 101 Å². The summed E-state index contributed by atoms with van der Waals surface area (Å²) in [6, 6.07) is 21.8. The fourth-order valence-electron chi connectivity index (χ4n) is 3.54. The zero-order valence-corrected chi connectivity index (χ0v) is 16.9. The summed E-state index contributed by atoms with van der Waals surface area (Å²) < 4.78 is 0. The van der Waals surface area contributed by atoms with Gasteiger partial charge in [-0.1, -0.05) is 48.5 Å². The molecule has 6 nitrogen and oxygen atoms in total. The van der Waals surface area contributed by atoms with Crippen molar-refractivity contribution in [2.45, 2.75) is 0 Å². The van der Waals surface area contributed by atoms with Crippen molar-refractivity contribution < 1.29 is 14.4 Å². The van der Waals surface area contributed by atoms with Crippen molar-refractivity contribution in [3.63, 3.8) is 0 Å². The third-order valence-electron chi connectivity index (χ3n) is 5.02. The fraction of sp³-hybridized carbons (Fsp3) is 0. The Morgan fingerprint density at radius 1 is 0.839 bits per heavy atom. The number of anilines is 2. The molecule has 150 valence electrons. The van der Waals surface area contributed by atoms with E-state index in [-0.39, 0.29) is 17.0 Å². The maximum Gasteiger partial charge on any atom is 0.268 e. The smallest absolute Gasteiger partial charge is 0.268 e. The van der Waals surface area contributed by atoms with Gasteiger partial charge >= 0.3 is 0 Å². The normalized spacial score (nSPS) is 12.7. The number of carbonyl (C=O) groups excluding carboxylic acids is 3. The van der Waals surface area contributed by atoms with Crippen molar-refractivity contribution in [2.24, 2.45) is 0 Å². The van der Waals surface area contributed by atoms with E-state index < -0.39 is 11.8 Å². The topological polar surface area (TPSA) is 79.4 Å². The average Bonchev–Trinajstić information content (AvgIpc) is 3.41. The molecule has 0 saturated carbocycles. The number of benzene rings is 3. The molecule has 0 atom stereocenters. The maximum absolute atomic E-state index is 13.0. The van der Waals surface area contributed by atoms with Gasteiger partial charge in [-0.3, -0.25) is 14.4 Å². The SMILES string of the molecule is O=C(Nc1ccccc1-c1ccccc1)c1ccc2c(c1)C(=O)N(c1nccs1)C2=O. The van der Waals surface area contributed by atoms with Crippen molar-refractivity contribution in [1.82, 2.24) is 4.98 Å². The van der Waals surface area contributed by atoms with Gasteiger partial charge in [-0.05, 0) is 29.8 Å². The minimum absolute atomic E-state index is 0.198. The van der Waals surface area contributed by atoms with E-state index in [2.05, 4.69) is 10.3 Å². The largest absolute Gasteiger partial charge is 0.321 e. The third kappa shape index (κ3) is 3.31. The first-order valence-corrected chi connectivity index (χ1v) is 10.4. The van der Waals surface area contributed by atoms with Crippen LogP contribution in [-0.2, 0) is 0 Å². The lowest BCUT2D eigenvalue weighted by Crippen LogP contribution is -2.29. The highest BCUT2D eigenvalue weighted by atomic mass is 32.1. The predicted octanol–water partition coefficient (Wildman–Crippen LogP) is 4.86. The van der Waals surface area contributed by atoms with E-state index in [0.717, 1.165) is 16.0 Å². The number of aromatic nitrogens is 1. The van der Waals surface area contributed by atoms with Crippen LogP contribution in [0, 0.1) is 0 Å². The van der Waals surface area contributed by atoms with E-state index in [1.54, 1.807) is 11.4 Å². The number of nitrogens with one attached hydrogen (secondary N) is 1. The Balaban J connectivity index is 1.45. The zero-order chi connectivity index (χ0) is 21.4. The number of amides is 3. The molecule has 1 aromatic heterocycles. The lowest BCUT2D eigenvalue weighted by molar-refractivity contribution is 0.0925. The number of imide groups is 1. The van der Waals surface area contributed by atoms with Crippen LogP contribution in [0.15, 0.2) is 84.4 Å². The Kier molecular flexibility index (Phi) is 4.65. The summed E-state index contributed by atoms with van der Waals surface area (Å²) in [5.41, 5.74) is 3.28. The molecule has 0 unspecified atom stereocenters. The highest BCUT2D eigenvalue weighted by Gasteiger charge is 2.38. The minimum atomic E-state index is -0.478. The van der Waals surface area contributed by atoms with Gasteiger partial charge in [0, 0.05) is 28.4 Å². The van der Waals surface area contributed by atoms with Gasteiger partial charge in [0.05, 0.1) is 11.1 Å². The maximum atomic E-state index is 13.0. The van der Waals surface area contributed by atoms with Gasteiger partial charge in [0.15, 0.2) is 5.13 Å². The van der Waals surface area contributed by atoms with E-state index in [9.17, 15) is 14.4 Å². The molecule has 1 N–H and O–H groups in total. The first-order valence-electron chi connectivity index (χ1n) is 9.51. The summed E-state index contributed by atoms with van der Waals surface area (Å²) in [7, 11) is 0. The van der Waals surface area contributed by atoms with Crippen LogP contribution in [0.2, 0.25) is 0 Å². The second-order valence-electron chi connectivity index (χ2n) is 6.89. The summed E-state index contributed by atoms with van der Waals surface area (Å²) in [5.74, 6) is -1.27. The lowest BCUT2D eigenvalue weighted by atomic mass is 10.0. The summed E-state index contributed by atoms with van der Waals surface area (Å²) in [6.07, 6.45) is 1.53. The number of hydrogen-bond acceptors (Lipinski definition) is 5. The van der Waals surface area contributed by atoms with Gasteiger partial charge in [0.1, 0.15) is 0 Å². The second kappa shape index (κ2) is 7.62. The standard InChI is InChI=1S/C24H15N3O3S/c28-21(26-20-9-5-4-8-17(20)15-6-2-1-3-7-15)16-10-11-18-19(14-16)23(30)27(22(18)29)24-25-12-13-31-24/h1-14H,(H,26,28). The predicted molar refractivity (Wildman–Crippen MR) is 120 cm³/mol. The number of para-hydroxylation sites is 1. The molecule has 7 heteroatoms. The van der Waals surface area contributed by atoms with Gasteiger partial charge in [-0.15, -0.1) is 11.3 Å². The minimum Gasteiger partial charge on any atom is -0.321 e. The third-order valence-corrected chi connectivity index (χ3v) is 5.78. The van der Waals surface area contributed by atoms with Crippen LogP contribution in [0.1, 0.15) is 31.1 Å². The summed E-state index contributed by atoms with van der Waals surface area (Å²) >= 11 is 1.20. The summed E-state index contributed by atoms with van der Waals surface area (Å²) in [6.45, 7) is 0. The number of rotatable bonds is 4. The molecule has 31 heavy (non-hydrogen) atoms. The molecule has 5 rings (SSSR count). The molecule has 1 aliphatic heterocycles. The Morgan fingerprint density at radius 2 is 1.58 bits per heavy atom. The molecular formula is C24H15N3O3S. The number of hydrogen-bond donors (Lipinski definition) is 1. The highest BCUT2D eigenvalue weighted by Crippen LogP contribution is 2.31.